The van der Waals surface area contributed by atoms with Gasteiger partial charge in [-0.1, -0.05) is 25.1 Å². The van der Waals surface area contributed by atoms with Crippen LogP contribution in [-0.4, -0.2) is 23.8 Å². The van der Waals surface area contributed by atoms with E-state index in [1.54, 1.807) is 19.1 Å². The molecule has 17 heavy (non-hydrogen) atoms. The molecular weight excluding hydrogens is 216 g/mol. The van der Waals surface area contributed by atoms with Gasteiger partial charge in [0.1, 0.15) is 17.9 Å². The van der Waals surface area contributed by atoms with E-state index in [-0.39, 0.29) is 13.2 Å². The fourth-order valence-corrected chi connectivity index (χ4v) is 1.51. The highest BCUT2D eigenvalue weighted by Gasteiger charge is 2.23. The number of para-hydroxylation sites is 1. The van der Waals surface area contributed by atoms with Crippen molar-refractivity contribution in [3.05, 3.63) is 29.8 Å². The summed E-state index contributed by atoms with van der Waals surface area (Å²) >= 11 is 0. The maximum atomic E-state index is 9.15. The van der Waals surface area contributed by atoms with E-state index in [1.165, 1.54) is 0 Å². The van der Waals surface area contributed by atoms with Gasteiger partial charge in [0.2, 0.25) is 0 Å². The summed E-state index contributed by atoms with van der Waals surface area (Å²) in [6, 6.07) is 9.45. The fraction of sp³-hybridized carbons (Fsp3) is 0.462. The molecule has 0 aliphatic rings. The first-order valence-corrected chi connectivity index (χ1v) is 5.63. The number of nitrogens with zero attached hydrogens (tertiary/aromatic N) is 1. The van der Waals surface area contributed by atoms with Gasteiger partial charge < -0.3 is 9.84 Å². The van der Waals surface area contributed by atoms with E-state index in [4.69, 9.17) is 15.1 Å². The quantitative estimate of drug-likeness (QED) is 0.782. The zero-order valence-electron chi connectivity index (χ0n) is 10.2. The van der Waals surface area contributed by atoms with Crippen LogP contribution in [0.15, 0.2) is 24.3 Å². The SMILES string of the molecule is CCNC(C)(C#N)COc1ccccc1CO. The first-order chi connectivity index (χ1) is 8.15. The third kappa shape index (κ3) is 3.74. The summed E-state index contributed by atoms with van der Waals surface area (Å²) < 4.78 is 5.59. The van der Waals surface area contributed by atoms with Gasteiger partial charge in [-0.05, 0) is 19.5 Å². The van der Waals surface area contributed by atoms with Crippen molar-refractivity contribution >= 4 is 0 Å². The number of aliphatic hydroxyl groups excluding tert-OH is 1. The monoisotopic (exact) mass is 234 g/mol. The highest BCUT2D eigenvalue weighted by atomic mass is 16.5. The Kier molecular flexibility index (Phi) is 4.95. The van der Waals surface area contributed by atoms with Gasteiger partial charge in [-0.2, -0.15) is 5.26 Å². The lowest BCUT2D eigenvalue weighted by molar-refractivity contribution is 0.223. The van der Waals surface area contributed by atoms with Gasteiger partial charge in [-0.25, -0.2) is 0 Å². The molecule has 0 aromatic heterocycles. The van der Waals surface area contributed by atoms with Crippen molar-refractivity contribution in [3.63, 3.8) is 0 Å². The summed E-state index contributed by atoms with van der Waals surface area (Å²) in [5.74, 6) is 0.620. The molecule has 1 atom stereocenters. The minimum Gasteiger partial charge on any atom is -0.490 e. The summed E-state index contributed by atoms with van der Waals surface area (Å²) in [7, 11) is 0. The number of hydrogen-bond acceptors (Lipinski definition) is 4. The highest BCUT2D eigenvalue weighted by molar-refractivity contribution is 5.32. The molecule has 0 amide bonds. The Labute approximate surface area is 102 Å². The number of ether oxygens (including phenoxy) is 1. The van der Waals surface area contributed by atoms with Crippen molar-refractivity contribution in [2.75, 3.05) is 13.2 Å². The van der Waals surface area contributed by atoms with Crippen molar-refractivity contribution in [3.8, 4) is 11.8 Å². The van der Waals surface area contributed by atoms with Crippen LogP contribution in [0, 0.1) is 11.3 Å². The summed E-state index contributed by atoms with van der Waals surface area (Å²) in [6.45, 7) is 4.61. The minimum atomic E-state index is -0.711. The van der Waals surface area contributed by atoms with Crippen molar-refractivity contribution in [1.82, 2.24) is 5.32 Å². The second-order valence-corrected chi connectivity index (χ2v) is 4.03. The maximum absolute atomic E-state index is 9.15. The van der Waals surface area contributed by atoms with Gasteiger partial charge >= 0.3 is 0 Å². The first kappa shape index (κ1) is 13.5. The van der Waals surface area contributed by atoms with Gasteiger partial charge in [0.15, 0.2) is 0 Å². The highest BCUT2D eigenvalue weighted by Crippen LogP contribution is 2.19. The molecule has 1 unspecified atom stereocenters. The second kappa shape index (κ2) is 6.24. The van der Waals surface area contributed by atoms with Crippen molar-refractivity contribution < 1.29 is 9.84 Å². The Bertz CT molecular complexity index is 401. The fourth-order valence-electron chi connectivity index (χ4n) is 1.51. The molecule has 4 nitrogen and oxygen atoms in total. The molecule has 92 valence electrons. The molecule has 0 spiro atoms. The molecule has 1 aromatic carbocycles. The van der Waals surface area contributed by atoms with Crippen LogP contribution in [0.2, 0.25) is 0 Å². The zero-order valence-corrected chi connectivity index (χ0v) is 10.2. The Morgan fingerprint density at radius 3 is 2.76 bits per heavy atom. The average molecular weight is 234 g/mol. The summed E-state index contributed by atoms with van der Waals surface area (Å²) in [4.78, 5) is 0. The van der Waals surface area contributed by atoms with Gasteiger partial charge in [-0.3, -0.25) is 5.32 Å². The largest absolute Gasteiger partial charge is 0.490 e. The number of aliphatic hydroxyl groups is 1. The van der Waals surface area contributed by atoms with Crippen LogP contribution < -0.4 is 10.1 Å². The molecule has 0 saturated heterocycles. The zero-order chi connectivity index (χ0) is 12.7. The van der Waals surface area contributed by atoms with Crippen molar-refractivity contribution in [1.29, 1.82) is 5.26 Å². The molecule has 0 aliphatic carbocycles. The third-order valence-electron chi connectivity index (χ3n) is 2.47. The summed E-state index contributed by atoms with van der Waals surface area (Å²) in [5, 5.41) is 21.3. The lowest BCUT2D eigenvalue weighted by Gasteiger charge is -2.23. The summed E-state index contributed by atoms with van der Waals surface area (Å²) in [5.41, 5.74) is 0.0152. The lowest BCUT2D eigenvalue weighted by Crippen LogP contribution is -2.46. The van der Waals surface area contributed by atoms with Crippen LogP contribution in [-0.2, 0) is 6.61 Å². The molecular formula is C13H18N2O2. The van der Waals surface area contributed by atoms with Crippen LogP contribution in [0.3, 0.4) is 0 Å². The molecule has 0 fully saturated rings. The third-order valence-corrected chi connectivity index (χ3v) is 2.47. The Morgan fingerprint density at radius 2 is 2.18 bits per heavy atom. The van der Waals surface area contributed by atoms with E-state index >= 15 is 0 Å². The van der Waals surface area contributed by atoms with Gasteiger partial charge in [0.05, 0.1) is 12.7 Å². The van der Waals surface area contributed by atoms with E-state index in [0.29, 0.717) is 12.3 Å². The van der Waals surface area contributed by atoms with Gasteiger partial charge in [-0.15, -0.1) is 0 Å². The minimum absolute atomic E-state index is 0.0688. The number of nitrogens with one attached hydrogen (secondary N) is 1. The predicted molar refractivity (Wildman–Crippen MR) is 65.6 cm³/mol. The van der Waals surface area contributed by atoms with Crippen LogP contribution in [0.5, 0.6) is 5.75 Å². The van der Waals surface area contributed by atoms with E-state index in [9.17, 15) is 0 Å². The average Bonchev–Trinajstić information content (AvgIpc) is 2.37. The predicted octanol–water partition coefficient (Wildman–Crippen LogP) is 1.45. The molecule has 4 heteroatoms. The molecule has 2 N–H and O–H groups in total. The normalized spacial score (nSPS) is 13.8. The molecule has 0 bridgehead atoms. The van der Waals surface area contributed by atoms with Gasteiger partial charge in [0.25, 0.3) is 0 Å². The summed E-state index contributed by atoms with van der Waals surface area (Å²) in [6.07, 6.45) is 0. The number of hydrogen-bond donors (Lipinski definition) is 2. The van der Waals surface area contributed by atoms with Crippen LogP contribution >= 0.6 is 0 Å². The standard InChI is InChI=1S/C13H18N2O2/c1-3-15-13(2,9-14)10-17-12-7-5-4-6-11(12)8-16/h4-7,15-16H,3,8,10H2,1-2H3. The Hall–Kier alpha value is -1.57. The Balaban J connectivity index is 2.69. The number of likely N-dealkylation sites (N-methyl/N-ethyl adjacent to an activating group) is 1. The van der Waals surface area contributed by atoms with Crippen molar-refractivity contribution in [2.45, 2.75) is 26.0 Å². The van der Waals surface area contributed by atoms with Crippen LogP contribution in [0.4, 0.5) is 0 Å². The van der Waals surface area contributed by atoms with Crippen molar-refractivity contribution in [2.24, 2.45) is 0 Å². The molecule has 1 rings (SSSR count). The van der Waals surface area contributed by atoms with Gasteiger partial charge in [0, 0.05) is 5.56 Å². The van der Waals surface area contributed by atoms with E-state index < -0.39 is 5.54 Å². The molecule has 0 radical (unpaired) electrons. The second-order valence-electron chi connectivity index (χ2n) is 4.03. The molecule has 0 saturated carbocycles. The number of rotatable bonds is 6. The van der Waals surface area contributed by atoms with E-state index in [1.807, 2.05) is 19.1 Å². The number of nitriles is 1. The van der Waals surface area contributed by atoms with Crippen LogP contribution in [0.25, 0.3) is 0 Å². The molecule has 1 aromatic rings. The molecule has 0 heterocycles. The molecule has 0 aliphatic heterocycles. The van der Waals surface area contributed by atoms with E-state index in [0.717, 1.165) is 5.56 Å². The first-order valence-electron chi connectivity index (χ1n) is 5.63. The number of benzene rings is 1. The topological polar surface area (TPSA) is 65.3 Å². The van der Waals surface area contributed by atoms with Crippen LogP contribution in [0.1, 0.15) is 19.4 Å². The Morgan fingerprint density at radius 1 is 1.47 bits per heavy atom. The smallest absolute Gasteiger partial charge is 0.138 e. The van der Waals surface area contributed by atoms with E-state index in [2.05, 4.69) is 11.4 Å². The maximum Gasteiger partial charge on any atom is 0.138 e. The lowest BCUT2D eigenvalue weighted by atomic mass is 10.1.